The third-order valence-corrected chi connectivity index (χ3v) is 5.49. The fourth-order valence-electron chi connectivity index (χ4n) is 2.75. The van der Waals surface area contributed by atoms with Crippen LogP contribution >= 0.6 is 24.4 Å². The molecule has 1 aromatic carbocycles. The quantitative estimate of drug-likeness (QED) is 0.817. The molecule has 3 atom stereocenters. The molecule has 20 heavy (non-hydrogen) atoms. The molecule has 1 N–H and O–H groups in total. The molecule has 2 nitrogen and oxygen atoms in total. The maximum absolute atomic E-state index is 12.3. The van der Waals surface area contributed by atoms with Crippen LogP contribution < -0.4 is 5.32 Å². The molecule has 4 heteroatoms. The van der Waals surface area contributed by atoms with E-state index in [4.69, 9.17) is 0 Å². The Morgan fingerprint density at radius 3 is 2.75 bits per heavy atom. The molecule has 0 aromatic heterocycles. The molecule has 0 aliphatic heterocycles. The number of hydrogen-bond donors (Lipinski definition) is 2. The molecule has 1 aromatic rings. The van der Waals surface area contributed by atoms with Crippen molar-refractivity contribution in [2.24, 2.45) is 0 Å². The van der Waals surface area contributed by atoms with Gasteiger partial charge in [0, 0.05) is 11.3 Å². The van der Waals surface area contributed by atoms with E-state index >= 15 is 0 Å². The Labute approximate surface area is 131 Å². The van der Waals surface area contributed by atoms with Crippen LogP contribution in [0.4, 0.5) is 0 Å². The summed E-state index contributed by atoms with van der Waals surface area (Å²) in [6.07, 6.45) is 7.64. The van der Waals surface area contributed by atoms with Crippen molar-refractivity contribution in [2.45, 2.75) is 48.6 Å². The van der Waals surface area contributed by atoms with Crippen LogP contribution in [0, 0.1) is 0 Å². The average Bonchev–Trinajstić information content (AvgIpc) is 2.48. The first-order valence-electron chi connectivity index (χ1n) is 7.26. The lowest BCUT2D eigenvalue weighted by atomic mass is 9.94. The summed E-state index contributed by atoms with van der Waals surface area (Å²) >= 11 is 6.35. The predicted octanol–water partition coefficient (Wildman–Crippen LogP) is 3.32. The van der Waals surface area contributed by atoms with Crippen LogP contribution in [0.5, 0.6) is 0 Å². The summed E-state index contributed by atoms with van der Waals surface area (Å²) in [7, 11) is 0. The van der Waals surface area contributed by atoms with Crippen LogP contribution in [0.2, 0.25) is 0 Å². The van der Waals surface area contributed by atoms with Crippen LogP contribution in [0.1, 0.15) is 31.2 Å². The Hall–Kier alpha value is -0.610. The normalized spacial score (nSPS) is 24.1. The maximum atomic E-state index is 12.3. The van der Waals surface area contributed by atoms with Gasteiger partial charge in [-0.05, 0) is 31.1 Å². The minimum atomic E-state index is -0.262. The Morgan fingerprint density at radius 2 is 2.05 bits per heavy atom. The summed E-state index contributed by atoms with van der Waals surface area (Å²) in [4.78, 5) is 12.3. The van der Waals surface area contributed by atoms with Crippen LogP contribution in [0.3, 0.4) is 0 Å². The van der Waals surface area contributed by atoms with Crippen LogP contribution in [-0.4, -0.2) is 28.7 Å². The Bertz CT molecular complexity index is 424. The lowest BCUT2D eigenvalue weighted by Gasteiger charge is -2.31. The van der Waals surface area contributed by atoms with Gasteiger partial charge in [-0.2, -0.15) is 24.4 Å². The van der Waals surface area contributed by atoms with E-state index in [0.717, 1.165) is 12.0 Å². The Morgan fingerprint density at radius 1 is 1.35 bits per heavy atom. The van der Waals surface area contributed by atoms with E-state index in [0.29, 0.717) is 17.7 Å². The Kier molecular flexibility index (Phi) is 6.30. The number of carbonyl (C=O) groups excluding carboxylic acids is 1. The number of thiol groups is 1. The highest BCUT2D eigenvalue weighted by atomic mass is 32.2. The predicted molar refractivity (Wildman–Crippen MR) is 90.6 cm³/mol. The van der Waals surface area contributed by atoms with E-state index in [9.17, 15) is 4.79 Å². The summed E-state index contributed by atoms with van der Waals surface area (Å²) in [5, 5.41) is 3.50. The molecule has 0 saturated heterocycles. The molecular weight excluding hydrogens is 286 g/mol. The first-order valence-corrected chi connectivity index (χ1v) is 9.06. The van der Waals surface area contributed by atoms with E-state index in [1.165, 1.54) is 19.3 Å². The number of benzene rings is 1. The van der Waals surface area contributed by atoms with E-state index in [-0.39, 0.29) is 11.2 Å². The summed E-state index contributed by atoms with van der Waals surface area (Å²) in [5.41, 5.74) is 1.16. The smallest absolute Gasteiger partial charge is 0.233 e. The van der Waals surface area contributed by atoms with Crippen LogP contribution in [0.15, 0.2) is 30.3 Å². The van der Waals surface area contributed by atoms with Gasteiger partial charge in [-0.3, -0.25) is 4.79 Å². The molecular formula is C16H23NOS2. The molecule has 0 spiro atoms. The second kappa shape index (κ2) is 7.99. The third kappa shape index (κ3) is 4.45. The summed E-state index contributed by atoms with van der Waals surface area (Å²) < 4.78 is 0. The van der Waals surface area contributed by atoms with Gasteiger partial charge in [0.2, 0.25) is 5.91 Å². The number of carbonyl (C=O) groups is 1. The third-order valence-electron chi connectivity index (χ3n) is 3.91. The number of thioether (sulfide) groups is 1. The molecule has 0 heterocycles. The van der Waals surface area contributed by atoms with Crippen molar-refractivity contribution in [3.05, 3.63) is 35.9 Å². The van der Waals surface area contributed by atoms with Crippen LogP contribution in [0.25, 0.3) is 0 Å². The van der Waals surface area contributed by atoms with E-state index in [2.05, 4.69) is 24.2 Å². The topological polar surface area (TPSA) is 29.1 Å². The van der Waals surface area contributed by atoms with Gasteiger partial charge in [0.05, 0.1) is 5.25 Å². The summed E-state index contributed by atoms with van der Waals surface area (Å²) in [5.74, 6) is 0.0723. The molecule has 110 valence electrons. The van der Waals surface area contributed by atoms with Crippen molar-refractivity contribution in [2.75, 3.05) is 6.26 Å². The first kappa shape index (κ1) is 15.8. The zero-order chi connectivity index (χ0) is 14.4. The fourth-order valence-corrected chi connectivity index (χ4v) is 3.97. The highest BCUT2D eigenvalue weighted by molar-refractivity contribution is 7.99. The molecule has 1 aliphatic rings. The highest BCUT2D eigenvalue weighted by Gasteiger charge is 2.27. The van der Waals surface area contributed by atoms with Crippen molar-refractivity contribution in [3.8, 4) is 0 Å². The van der Waals surface area contributed by atoms with Gasteiger partial charge in [-0.25, -0.2) is 0 Å². The van der Waals surface area contributed by atoms with Crippen molar-refractivity contribution in [1.82, 2.24) is 5.32 Å². The molecule has 0 radical (unpaired) electrons. The van der Waals surface area contributed by atoms with Crippen molar-refractivity contribution in [3.63, 3.8) is 0 Å². The van der Waals surface area contributed by atoms with Gasteiger partial charge in [-0.15, -0.1) is 0 Å². The summed E-state index contributed by atoms with van der Waals surface area (Å²) in [6.45, 7) is 0. The molecule has 1 amide bonds. The lowest BCUT2D eigenvalue weighted by Crippen LogP contribution is -2.46. The lowest BCUT2D eigenvalue weighted by molar-refractivity contribution is -0.121. The van der Waals surface area contributed by atoms with E-state index in [1.54, 1.807) is 0 Å². The standard InChI is InChI=1S/C16H23NOS2/c1-20-15-10-6-5-9-13(15)17-16(18)14(19)11-12-7-3-2-4-8-12/h2-4,7-8,13-15,19H,5-6,9-11H2,1H3,(H,17,18). The van der Waals surface area contributed by atoms with Gasteiger partial charge in [0.15, 0.2) is 0 Å². The SMILES string of the molecule is CSC1CCCCC1NC(=O)C(S)Cc1ccccc1. The molecule has 2 rings (SSSR count). The van der Waals surface area contributed by atoms with Gasteiger partial charge in [0.1, 0.15) is 0 Å². The molecule has 0 bridgehead atoms. The maximum Gasteiger partial charge on any atom is 0.233 e. The van der Waals surface area contributed by atoms with E-state index < -0.39 is 0 Å². The largest absolute Gasteiger partial charge is 0.351 e. The van der Waals surface area contributed by atoms with Gasteiger partial charge in [-0.1, -0.05) is 43.2 Å². The van der Waals surface area contributed by atoms with Crippen LogP contribution in [-0.2, 0) is 11.2 Å². The number of amides is 1. The number of nitrogens with one attached hydrogen (secondary N) is 1. The second-order valence-electron chi connectivity index (χ2n) is 5.38. The zero-order valence-corrected chi connectivity index (χ0v) is 13.6. The van der Waals surface area contributed by atoms with Gasteiger partial charge in [0.25, 0.3) is 0 Å². The Balaban J connectivity index is 1.87. The minimum Gasteiger partial charge on any atom is -0.351 e. The first-order chi connectivity index (χ1) is 9.70. The van der Waals surface area contributed by atoms with Crippen molar-refractivity contribution >= 4 is 30.3 Å². The molecule has 1 saturated carbocycles. The van der Waals surface area contributed by atoms with Crippen molar-refractivity contribution < 1.29 is 4.79 Å². The molecule has 3 unspecified atom stereocenters. The van der Waals surface area contributed by atoms with Gasteiger partial charge < -0.3 is 5.32 Å². The minimum absolute atomic E-state index is 0.0723. The monoisotopic (exact) mass is 309 g/mol. The second-order valence-corrected chi connectivity index (χ2v) is 7.08. The fraction of sp³-hybridized carbons (Fsp3) is 0.562. The molecule has 1 aliphatic carbocycles. The number of rotatable bonds is 5. The highest BCUT2D eigenvalue weighted by Crippen LogP contribution is 2.27. The van der Waals surface area contributed by atoms with Gasteiger partial charge >= 0.3 is 0 Å². The zero-order valence-electron chi connectivity index (χ0n) is 11.9. The number of hydrogen-bond acceptors (Lipinski definition) is 3. The van der Waals surface area contributed by atoms with Crippen molar-refractivity contribution in [1.29, 1.82) is 0 Å². The summed E-state index contributed by atoms with van der Waals surface area (Å²) in [6, 6.07) is 10.4. The average molecular weight is 310 g/mol. The molecule has 1 fully saturated rings. The van der Waals surface area contributed by atoms with E-state index in [1.807, 2.05) is 42.1 Å².